The zero-order valence-corrected chi connectivity index (χ0v) is 13.0. The van der Waals surface area contributed by atoms with E-state index in [-0.39, 0.29) is 6.04 Å². The van der Waals surface area contributed by atoms with Crippen LogP contribution < -0.4 is 10.1 Å². The largest absolute Gasteiger partial charge is 0.457 e. The molecule has 23 heavy (non-hydrogen) atoms. The van der Waals surface area contributed by atoms with Gasteiger partial charge in [0, 0.05) is 0 Å². The zero-order chi connectivity index (χ0) is 15.9. The number of hydrogen-bond acceptors (Lipinski definition) is 5. The fraction of sp³-hybridized carbons (Fsp3) is 0.235. The van der Waals surface area contributed by atoms with Crippen LogP contribution in [0, 0.1) is 0 Å². The van der Waals surface area contributed by atoms with Crippen LogP contribution in [0.2, 0.25) is 0 Å². The van der Waals surface area contributed by atoms with Crippen molar-refractivity contribution in [1.82, 2.24) is 25.5 Å². The maximum Gasteiger partial charge on any atom is 0.162 e. The lowest BCUT2D eigenvalue weighted by Gasteiger charge is -2.16. The van der Waals surface area contributed by atoms with Crippen LogP contribution in [0.15, 0.2) is 60.9 Å². The summed E-state index contributed by atoms with van der Waals surface area (Å²) < 4.78 is 5.82. The van der Waals surface area contributed by atoms with E-state index in [0.29, 0.717) is 0 Å². The molecule has 3 rings (SSSR count). The summed E-state index contributed by atoms with van der Waals surface area (Å²) in [6, 6.07) is 17.8. The lowest BCUT2D eigenvalue weighted by molar-refractivity contribution is 0.421. The molecule has 2 aromatic carbocycles. The molecule has 1 heterocycles. The minimum Gasteiger partial charge on any atom is -0.457 e. The highest BCUT2D eigenvalue weighted by molar-refractivity contribution is 5.34. The van der Waals surface area contributed by atoms with Gasteiger partial charge in [0.15, 0.2) is 6.33 Å². The molecule has 1 unspecified atom stereocenters. The number of nitrogens with zero attached hydrogens (tertiary/aromatic N) is 4. The number of ether oxygens (including phenoxy) is 1. The van der Waals surface area contributed by atoms with E-state index < -0.39 is 0 Å². The Hall–Kier alpha value is -2.73. The molecule has 6 nitrogen and oxygen atoms in total. The third kappa shape index (κ3) is 3.92. The van der Waals surface area contributed by atoms with Crippen LogP contribution in [0.5, 0.6) is 11.5 Å². The van der Waals surface area contributed by atoms with Gasteiger partial charge in [0.1, 0.15) is 11.5 Å². The highest BCUT2D eigenvalue weighted by Gasteiger charge is 2.15. The van der Waals surface area contributed by atoms with Gasteiger partial charge in [-0.2, -0.15) is 4.80 Å². The van der Waals surface area contributed by atoms with E-state index in [1.165, 1.54) is 6.33 Å². The predicted molar refractivity (Wildman–Crippen MR) is 87.5 cm³/mol. The molecule has 1 atom stereocenters. The van der Waals surface area contributed by atoms with E-state index in [1.54, 1.807) is 4.80 Å². The lowest BCUT2D eigenvalue weighted by atomic mass is 10.0. The van der Waals surface area contributed by atoms with Crippen molar-refractivity contribution < 1.29 is 4.74 Å². The second-order valence-electron chi connectivity index (χ2n) is 5.15. The SMILES string of the molecule is CNCCC(c1ccc(Oc2ccccc2)cc1)n1ncnn1. The molecular weight excluding hydrogens is 290 g/mol. The third-order valence-corrected chi connectivity index (χ3v) is 3.56. The molecule has 0 radical (unpaired) electrons. The summed E-state index contributed by atoms with van der Waals surface area (Å²) in [7, 11) is 1.93. The second kappa shape index (κ2) is 7.51. The molecule has 0 aliphatic heterocycles. The molecule has 0 bridgehead atoms. The molecule has 0 amide bonds. The maximum absolute atomic E-state index is 5.82. The first-order chi connectivity index (χ1) is 11.4. The quantitative estimate of drug-likeness (QED) is 0.727. The van der Waals surface area contributed by atoms with Gasteiger partial charge in [0.05, 0.1) is 6.04 Å². The summed E-state index contributed by atoms with van der Waals surface area (Å²) in [6.07, 6.45) is 2.34. The van der Waals surface area contributed by atoms with E-state index in [2.05, 4.69) is 20.7 Å². The highest BCUT2D eigenvalue weighted by Crippen LogP contribution is 2.25. The number of benzene rings is 2. The Bertz CT molecular complexity index is 698. The Morgan fingerprint density at radius 1 is 1.04 bits per heavy atom. The van der Waals surface area contributed by atoms with Crippen molar-refractivity contribution >= 4 is 0 Å². The van der Waals surface area contributed by atoms with Gasteiger partial charge in [-0.3, -0.25) is 0 Å². The van der Waals surface area contributed by atoms with Gasteiger partial charge in [-0.25, -0.2) is 0 Å². The molecule has 0 saturated carbocycles. The molecule has 0 fully saturated rings. The molecule has 6 heteroatoms. The van der Waals surface area contributed by atoms with Crippen LogP contribution in [-0.2, 0) is 0 Å². The van der Waals surface area contributed by atoms with Gasteiger partial charge in [-0.1, -0.05) is 30.3 Å². The van der Waals surface area contributed by atoms with Crippen molar-refractivity contribution in [3.05, 3.63) is 66.5 Å². The first-order valence-corrected chi connectivity index (χ1v) is 7.57. The number of hydrogen-bond donors (Lipinski definition) is 1. The Kier molecular flexibility index (Phi) is 4.95. The van der Waals surface area contributed by atoms with Crippen LogP contribution in [0.4, 0.5) is 0 Å². The van der Waals surface area contributed by atoms with Gasteiger partial charge >= 0.3 is 0 Å². The number of rotatable bonds is 7. The van der Waals surface area contributed by atoms with Crippen LogP contribution in [0.3, 0.4) is 0 Å². The summed E-state index contributed by atoms with van der Waals surface area (Å²) in [6.45, 7) is 0.870. The first kappa shape index (κ1) is 15.2. The van der Waals surface area contributed by atoms with E-state index in [0.717, 1.165) is 30.0 Å². The first-order valence-electron chi connectivity index (χ1n) is 7.57. The summed E-state index contributed by atoms with van der Waals surface area (Å²) in [5.41, 5.74) is 1.12. The fourth-order valence-corrected chi connectivity index (χ4v) is 2.40. The molecule has 118 valence electrons. The van der Waals surface area contributed by atoms with Gasteiger partial charge in [0.2, 0.25) is 0 Å². The van der Waals surface area contributed by atoms with Crippen molar-refractivity contribution in [3.8, 4) is 11.5 Å². The van der Waals surface area contributed by atoms with Crippen molar-refractivity contribution in [3.63, 3.8) is 0 Å². The summed E-state index contributed by atoms with van der Waals surface area (Å²) in [5.74, 6) is 1.63. The molecule has 3 aromatic rings. The maximum atomic E-state index is 5.82. The summed E-state index contributed by atoms with van der Waals surface area (Å²) in [4.78, 5) is 1.64. The van der Waals surface area contributed by atoms with E-state index in [9.17, 15) is 0 Å². The van der Waals surface area contributed by atoms with Crippen LogP contribution in [-0.4, -0.2) is 33.8 Å². The minimum absolute atomic E-state index is 0.0516. The van der Waals surface area contributed by atoms with Crippen molar-refractivity contribution in [2.45, 2.75) is 12.5 Å². The fourth-order valence-electron chi connectivity index (χ4n) is 2.40. The van der Waals surface area contributed by atoms with Gasteiger partial charge < -0.3 is 10.1 Å². The minimum atomic E-state index is 0.0516. The topological polar surface area (TPSA) is 64.9 Å². The number of tetrazole rings is 1. The van der Waals surface area contributed by atoms with Crippen molar-refractivity contribution in [2.24, 2.45) is 0 Å². The Morgan fingerprint density at radius 2 is 1.78 bits per heavy atom. The monoisotopic (exact) mass is 309 g/mol. The zero-order valence-electron chi connectivity index (χ0n) is 13.0. The van der Waals surface area contributed by atoms with Crippen LogP contribution >= 0.6 is 0 Å². The van der Waals surface area contributed by atoms with Crippen LogP contribution in [0.1, 0.15) is 18.0 Å². The third-order valence-electron chi connectivity index (χ3n) is 3.56. The molecule has 1 aromatic heterocycles. The lowest BCUT2D eigenvalue weighted by Crippen LogP contribution is -2.19. The number of aromatic nitrogens is 4. The molecule has 0 aliphatic rings. The Balaban J connectivity index is 1.76. The van der Waals surface area contributed by atoms with E-state index in [4.69, 9.17) is 4.74 Å². The molecule has 0 saturated heterocycles. The summed E-state index contributed by atoms with van der Waals surface area (Å²) in [5, 5.41) is 15.2. The second-order valence-corrected chi connectivity index (χ2v) is 5.15. The normalized spacial score (nSPS) is 12.0. The highest BCUT2D eigenvalue weighted by atomic mass is 16.5. The Morgan fingerprint density at radius 3 is 2.43 bits per heavy atom. The average Bonchev–Trinajstić information content (AvgIpc) is 3.12. The van der Waals surface area contributed by atoms with E-state index >= 15 is 0 Å². The Labute approximate surface area is 135 Å². The molecule has 0 aliphatic carbocycles. The number of nitrogens with one attached hydrogen (secondary N) is 1. The smallest absolute Gasteiger partial charge is 0.162 e. The van der Waals surface area contributed by atoms with Crippen molar-refractivity contribution in [1.29, 1.82) is 0 Å². The van der Waals surface area contributed by atoms with Crippen molar-refractivity contribution in [2.75, 3.05) is 13.6 Å². The van der Waals surface area contributed by atoms with Gasteiger partial charge in [-0.05, 0) is 55.1 Å². The van der Waals surface area contributed by atoms with Gasteiger partial charge in [-0.15, -0.1) is 10.2 Å². The average molecular weight is 309 g/mol. The standard InChI is InChI=1S/C17H19N5O/c1-18-12-11-17(22-20-13-19-21-22)14-7-9-16(10-8-14)23-15-5-3-2-4-6-15/h2-10,13,17-18H,11-12H2,1H3. The molecule has 1 N–H and O–H groups in total. The van der Waals surface area contributed by atoms with Crippen LogP contribution in [0.25, 0.3) is 0 Å². The molecular formula is C17H19N5O. The summed E-state index contributed by atoms with van der Waals surface area (Å²) >= 11 is 0. The van der Waals surface area contributed by atoms with Gasteiger partial charge in [0.25, 0.3) is 0 Å². The number of para-hydroxylation sites is 1. The predicted octanol–water partition coefficient (Wildman–Crippen LogP) is 2.66. The molecule has 0 spiro atoms. The van der Waals surface area contributed by atoms with E-state index in [1.807, 2.05) is 61.6 Å².